The summed E-state index contributed by atoms with van der Waals surface area (Å²) >= 11 is 0. The molecule has 2 heteroatoms. The molecule has 0 aromatic rings. The summed E-state index contributed by atoms with van der Waals surface area (Å²) in [5, 5.41) is 0. The second-order valence-electron chi connectivity index (χ2n) is 4.83. The van der Waals surface area contributed by atoms with Crippen molar-refractivity contribution in [3.8, 4) is 0 Å². The van der Waals surface area contributed by atoms with Gasteiger partial charge in [0.15, 0.2) is 8.32 Å². The van der Waals surface area contributed by atoms with Crippen molar-refractivity contribution in [2.24, 2.45) is 0 Å². The second kappa shape index (κ2) is 5.16. The first-order valence-corrected chi connectivity index (χ1v) is 8.08. The molecule has 0 rings (SSSR count). The van der Waals surface area contributed by atoms with Crippen molar-refractivity contribution in [3.63, 3.8) is 0 Å². The molecule has 0 aliphatic heterocycles. The molecule has 0 spiro atoms. The maximum Gasteiger partial charge on any atom is 0.195 e. The van der Waals surface area contributed by atoms with Crippen molar-refractivity contribution in [1.29, 1.82) is 0 Å². The molecule has 1 atom stereocenters. The van der Waals surface area contributed by atoms with Gasteiger partial charge in [-0.2, -0.15) is 0 Å². The fourth-order valence-corrected chi connectivity index (χ4v) is 4.37. The maximum atomic E-state index is 6.25. The van der Waals surface area contributed by atoms with Crippen LogP contribution >= 0.6 is 0 Å². The van der Waals surface area contributed by atoms with Gasteiger partial charge in [-0.3, -0.25) is 0 Å². The summed E-state index contributed by atoms with van der Waals surface area (Å²) in [4.78, 5) is 0. The first-order valence-electron chi connectivity index (χ1n) is 5.52. The van der Waals surface area contributed by atoms with Gasteiger partial charge in [0.1, 0.15) is 0 Å². The molecule has 0 fully saturated rings. The van der Waals surface area contributed by atoms with Crippen molar-refractivity contribution < 1.29 is 4.43 Å². The van der Waals surface area contributed by atoms with Gasteiger partial charge in [0, 0.05) is 6.10 Å². The highest BCUT2D eigenvalue weighted by atomic mass is 28.4. The summed E-state index contributed by atoms with van der Waals surface area (Å²) in [5.41, 5.74) is 1.42. The standard InChI is InChI=1S/C11H26OSi/c1-8-11(6)12-13(7,9(2)3)10(4)5/h9-11H,8H2,1-7H3. The lowest BCUT2D eigenvalue weighted by molar-refractivity contribution is 0.195. The lowest BCUT2D eigenvalue weighted by Crippen LogP contribution is -2.43. The van der Waals surface area contributed by atoms with Crippen LogP contribution in [0, 0.1) is 0 Å². The van der Waals surface area contributed by atoms with Crippen LogP contribution in [0.15, 0.2) is 0 Å². The van der Waals surface area contributed by atoms with Crippen LogP contribution in [0.5, 0.6) is 0 Å². The SMILES string of the molecule is CCC(C)O[Si](C)(C(C)C)C(C)C. The van der Waals surface area contributed by atoms with Crippen LogP contribution in [0.3, 0.4) is 0 Å². The number of rotatable bonds is 5. The van der Waals surface area contributed by atoms with Gasteiger partial charge in [-0.1, -0.05) is 34.6 Å². The lowest BCUT2D eigenvalue weighted by Gasteiger charge is -2.37. The van der Waals surface area contributed by atoms with E-state index in [0.717, 1.165) is 6.42 Å². The third kappa shape index (κ3) is 3.43. The molecular formula is C11H26OSi. The van der Waals surface area contributed by atoms with Gasteiger partial charge in [-0.05, 0) is 31.0 Å². The molecule has 0 amide bonds. The van der Waals surface area contributed by atoms with Crippen molar-refractivity contribution in [2.75, 3.05) is 0 Å². The fourth-order valence-electron chi connectivity index (χ4n) is 1.46. The zero-order chi connectivity index (χ0) is 10.6. The Hall–Kier alpha value is 0.177. The predicted molar refractivity (Wildman–Crippen MR) is 62.7 cm³/mol. The third-order valence-electron chi connectivity index (χ3n) is 3.32. The van der Waals surface area contributed by atoms with E-state index in [9.17, 15) is 0 Å². The number of hydrogen-bond acceptors (Lipinski definition) is 1. The van der Waals surface area contributed by atoms with E-state index in [-0.39, 0.29) is 0 Å². The summed E-state index contributed by atoms with van der Waals surface area (Å²) in [6.45, 7) is 16.0. The molecule has 0 aromatic carbocycles. The summed E-state index contributed by atoms with van der Waals surface area (Å²) < 4.78 is 6.25. The maximum absolute atomic E-state index is 6.25. The van der Waals surface area contributed by atoms with Crippen molar-refractivity contribution in [1.82, 2.24) is 0 Å². The minimum Gasteiger partial charge on any atom is -0.414 e. The largest absolute Gasteiger partial charge is 0.414 e. The fraction of sp³-hybridized carbons (Fsp3) is 1.00. The lowest BCUT2D eigenvalue weighted by atomic mass is 10.3. The van der Waals surface area contributed by atoms with Crippen LogP contribution in [-0.4, -0.2) is 14.4 Å². The molecule has 0 aliphatic carbocycles. The summed E-state index contributed by atoms with van der Waals surface area (Å²) in [6, 6.07) is 0. The first kappa shape index (κ1) is 13.2. The molecule has 80 valence electrons. The molecule has 0 saturated heterocycles. The summed E-state index contributed by atoms with van der Waals surface area (Å²) in [5.74, 6) is 0. The van der Waals surface area contributed by atoms with E-state index in [2.05, 4.69) is 48.1 Å². The molecule has 0 heterocycles. The Morgan fingerprint density at radius 1 is 1.00 bits per heavy atom. The molecule has 0 aromatic heterocycles. The van der Waals surface area contributed by atoms with E-state index < -0.39 is 8.32 Å². The monoisotopic (exact) mass is 202 g/mol. The Morgan fingerprint density at radius 2 is 1.38 bits per heavy atom. The van der Waals surface area contributed by atoms with Gasteiger partial charge in [-0.15, -0.1) is 0 Å². The Labute approximate surface area is 85.0 Å². The van der Waals surface area contributed by atoms with E-state index >= 15 is 0 Å². The van der Waals surface area contributed by atoms with Crippen LogP contribution in [0.25, 0.3) is 0 Å². The molecular weight excluding hydrogens is 176 g/mol. The number of hydrogen-bond donors (Lipinski definition) is 0. The van der Waals surface area contributed by atoms with E-state index in [1.54, 1.807) is 0 Å². The van der Waals surface area contributed by atoms with E-state index in [1.165, 1.54) is 0 Å². The van der Waals surface area contributed by atoms with Gasteiger partial charge in [0.25, 0.3) is 0 Å². The first-order chi connectivity index (χ1) is 5.84. The zero-order valence-corrected chi connectivity index (χ0v) is 11.3. The highest BCUT2D eigenvalue weighted by Crippen LogP contribution is 2.34. The Kier molecular flexibility index (Phi) is 5.23. The summed E-state index contributed by atoms with van der Waals surface area (Å²) in [6.07, 6.45) is 1.56. The van der Waals surface area contributed by atoms with Gasteiger partial charge in [-0.25, -0.2) is 0 Å². The summed E-state index contributed by atoms with van der Waals surface area (Å²) in [7, 11) is -1.49. The molecule has 1 unspecified atom stereocenters. The van der Waals surface area contributed by atoms with Crippen molar-refractivity contribution in [3.05, 3.63) is 0 Å². The highest BCUT2D eigenvalue weighted by Gasteiger charge is 2.37. The van der Waals surface area contributed by atoms with Gasteiger partial charge in [0.2, 0.25) is 0 Å². The Bertz CT molecular complexity index is 135. The van der Waals surface area contributed by atoms with E-state index in [0.29, 0.717) is 17.2 Å². The minimum absolute atomic E-state index is 0.432. The molecule has 13 heavy (non-hydrogen) atoms. The van der Waals surface area contributed by atoms with E-state index in [1.807, 2.05) is 0 Å². The van der Waals surface area contributed by atoms with Gasteiger partial charge in [0.05, 0.1) is 0 Å². The molecule has 0 bridgehead atoms. The zero-order valence-electron chi connectivity index (χ0n) is 10.3. The van der Waals surface area contributed by atoms with Crippen LogP contribution < -0.4 is 0 Å². The molecule has 0 radical (unpaired) electrons. The average Bonchev–Trinajstić information content (AvgIpc) is 2.03. The molecule has 1 nitrogen and oxygen atoms in total. The third-order valence-corrected chi connectivity index (χ3v) is 8.82. The van der Waals surface area contributed by atoms with Crippen LogP contribution in [-0.2, 0) is 4.43 Å². The van der Waals surface area contributed by atoms with Crippen molar-refractivity contribution >= 4 is 8.32 Å². The molecule has 0 saturated carbocycles. The molecule has 0 aliphatic rings. The van der Waals surface area contributed by atoms with Gasteiger partial charge >= 0.3 is 0 Å². The van der Waals surface area contributed by atoms with Crippen molar-refractivity contribution in [2.45, 2.75) is 71.7 Å². The van der Waals surface area contributed by atoms with Crippen LogP contribution in [0.2, 0.25) is 17.6 Å². The minimum atomic E-state index is -1.49. The Balaban J connectivity index is 4.42. The topological polar surface area (TPSA) is 9.23 Å². The average molecular weight is 202 g/mol. The normalized spacial score (nSPS) is 15.5. The molecule has 0 N–H and O–H groups in total. The predicted octanol–water partition coefficient (Wildman–Crippen LogP) is 4.20. The van der Waals surface area contributed by atoms with E-state index in [4.69, 9.17) is 4.43 Å². The second-order valence-corrected chi connectivity index (χ2v) is 9.74. The quantitative estimate of drug-likeness (QED) is 0.607. The highest BCUT2D eigenvalue weighted by molar-refractivity contribution is 6.75. The Morgan fingerprint density at radius 3 is 1.62 bits per heavy atom. The van der Waals surface area contributed by atoms with Crippen LogP contribution in [0.1, 0.15) is 48.0 Å². The van der Waals surface area contributed by atoms with Crippen LogP contribution in [0.4, 0.5) is 0 Å². The smallest absolute Gasteiger partial charge is 0.195 e. The van der Waals surface area contributed by atoms with Gasteiger partial charge < -0.3 is 4.43 Å².